The predicted molar refractivity (Wildman–Crippen MR) is 128 cm³/mol. The molecule has 1 aliphatic rings. The average Bonchev–Trinajstić information content (AvgIpc) is 3.28. The molecule has 2 N–H and O–H groups in total. The third kappa shape index (κ3) is 7.35. The van der Waals surface area contributed by atoms with Gasteiger partial charge in [0.1, 0.15) is 6.04 Å². The van der Waals surface area contributed by atoms with Crippen LogP contribution in [0.15, 0.2) is 49.1 Å². The number of carbonyl (C=O) groups excluding carboxylic acids is 1. The Morgan fingerprint density at radius 1 is 1.14 bits per heavy atom. The molecule has 0 saturated heterocycles. The topological polar surface area (TPSA) is 113 Å². The normalized spacial score (nSPS) is 15.5. The molecule has 1 unspecified atom stereocenters. The molecule has 0 bridgehead atoms. The van der Waals surface area contributed by atoms with Gasteiger partial charge in [-0.15, -0.1) is 0 Å². The molecular weight excluding hydrogens is 489 g/mol. The molecule has 12 heteroatoms. The lowest BCUT2D eigenvalue weighted by atomic mass is 10.00. The predicted octanol–water partition coefficient (Wildman–Crippen LogP) is 3.61. The fourth-order valence-corrected chi connectivity index (χ4v) is 3.93. The number of fused-ring (bicyclic) bond motifs is 1. The van der Waals surface area contributed by atoms with Crippen molar-refractivity contribution in [2.24, 2.45) is 0 Å². The van der Waals surface area contributed by atoms with Crippen LogP contribution in [-0.2, 0) is 29.1 Å². The van der Waals surface area contributed by atoms with E-state index in [4.69, 9.17) is 9.90 Å². The summed E-state index contributed by atoms with van der Waals surface area (Å²) in [7, 11) is 0. The van der Waals surface area contributed by atoms with Crippen molar-refractivity contribution in [1.82, 2.24) is 29.7 Å². The number of aromatic nitrogens is 4. The van der Waals surface area contributed by atoms with Gasteiger partial charge in [-0.2, -0.15) is 13.2 Å². The summed E-state index contributed by atoms with van der Waals surface area (Å²) in [5.74, 6) is -2.79. The molecule has 1 atom stereocenters. The fraction of sp³-hybridized carbons (Fsp3) is 0.400. The van der Waals surface area contributed by atoms with Crippen molar-refractivity contribution in [3.63, 3.8) is 0 Å². The third-order valence-corrected chi connectivity index (χ3v) is 5.73. The lowest BCUT2D eigenvalue weighted by molar-refractivity contribution is -0.192. The Bertz CT molecular complexity index is 1200. The van der Waals surface area contributed by atoms with Crippen molar-refractivity contribution < 1.29 is 27.9 Å². The molecule has 0 radical (unpaired) electrons. The highest BCUT2D eigenvalue weighted by Crippen LogP contribution is 2.32. The van der Waals surface area contributed by atoms with Gasteiger partial charge in [0, 0.05) is 31.7 Å². The van der Waals surface area contributed by atoms with Crippen molar-refractivity contribution in [3.8, 4) is 0 Å². The van der Waals surface area contributed by atoms with Crippen LogP contribution >= 0.6 is 0 Å². The van der Waals surface area contributed by atoms with Gasteiger partial charge < -0.3 is 15.0 Å². The Morgan fingerprint density at radius 2 is 1.81 bits per heavy atom. The number of imidazole rings is 1. The number of halogens is 3. The van der Waals surface area contributed by atoms with E-state index in [-0.39, 0.29) is 11.9 Å². The number of amides is 1. The summed E-state index contributed by atoms with van der Waals surface area (Å²) in [5, 5.41) is 10.2. The van der Waals surface area contributed by atoms with Gasteiger partial charge in [-0.25, -0.2) is 9.78 Å². The van der Waals surface area contributed by atoms with Crippen LogP contribution in [0.5, 0.6) is 0 Å². The van der Waals surface area contributed by atoms with Crippen LogP contribution in [0.4, 0.5) is 13.2 Å². The second-order valence-electron chi connectivity index (χ2n) is 8.86. The van der Waals surface area contributed by atoms with Crippen molar-refractivity contribution in [2.45, 2.75) is 58.5 Å². The number of hydrogen-bond donors (Lipinski definition) is 2. The Labute approximate surface area is 212 Å². The van der Waals surface area contributed by atoms with Crippen molar-refractivity contribution in [1.29, 1.82) is 0 Å². The Kier molecular flexibility index (Phi) is 8.98. The molecule has 1 amide bonds. The van der Waals surface area contributed by atoms with Crippen LogP contribution < -0.4 is 5.32 Å². The monoisotopic (exact) mass is 518 g/mol. The molecule has 4 rings (SSSR count). The number of benzene rings is 1. The van der Waals surface area contributed by atoms with Crippen LogP contribution in [0.3, 0.4) is 0 Å². The minimum Gasteiger partial charge on any atom is -0.475 e. The number of rotatable bonds is 6. The molecule has 37 heavy (non-hydrogen) atoms. The lowest BCUT2D eigenvalue weighted by Gasteiger charge is -2.36. The summed E-state index contributed by atoms with van der Waals surface area (Å²) in [4.78, 5) is 37.8. The van der Waals surface area contributed by atoms with Crippen molar-refractivity contribution >= 4 is 11.9 Å². The molecule has 0 fully saturated rings. The number of carboxylic acid groups (broad SMARTS) is 1. The standard InChI is InChI=1S/C23H28N6O.C2HF3O2/c1-16(2)29-15-27-20-9-10-28(14-18-7-5-4-6-8-18)22(21(20)29)23(30)26-13-19-12-24-17(3)11-25-19;3-2(4,5)1(6)7/h4-8,11-12,15-16,22H,9-10,13-14H2,1-3H3,(H,26,30);(H,6,7). The van der Waals surface area contributed by atoms with E-state index < -0.39 is 18.2 Å². The molecule has 3 heterocycles. The molecule has 198 valence electrons. The minimum absolute atomic E-state index is 0.0309. The van der Waals surface area contributed by atoms with Gasteiger partial charge >= 0.3 is 12.1 Å². The second kappa shape index (κ2) is 12.0. The molecule has 3 aromatic rings. The molecule has 0 spiro atoms. The molecule has 1 aliphatic heterocycles. The highest BCUT2D eigenvalue weighted by molar-refractivity contribution is 5.83. The maximum atomic E-state index is 13.4. The third-order valence-electron chi connectivity index (χ3n) is 5.73. The van der Waals surface area contributed by atoms with Gasteiger partial charge in [0.15, 0.2) is 0 Å². The summed E-state index contributed by atoms with van der Waals surface area (Å²) < 4.78 is 33.9. The molecular formula is C25H29F3N6O3. The summed E-state index contributed by atoms with van der Waals surface area (Å²) in [6.45, 7) is 8.00. The summed E-state index contributed by atoms with van der Waals surface area (Å²) >= 11 is 0. The minimum atomic E-state index is -5.08. The van der Waals surface area contributed by atoms with Crippen LogP contribution in [0.25, 0.3) is 0 Å². The van der Waals surface area contributed by atoms with E-state index in [2.05, 4.69) is 55.7 Å². The van der Waals surface area contributed by atoms with Gasteiger partial charge in [0.05, 0.1) is 41.8 Å². The van der Waals surface area contributed by atoms with Crippen LogP contribution in [-0.4, -0.2) is 54.1 Å². The highest BCUT2D eigenvalue weighted by Gasteiger charge is 2.38. The van der Waals surface area contributed by atoms with Gasteiger partial charge in [-0.05, 0) is 26.3 Å². The molecule has 2 aromatic heterocycles. The number of hydrogen-bond acceptors (Lipinski definition) is 6. The van der Waals surface area contributed by atoms with Gasteiger partial charge in [-0.3, -0.25) is 19.7 Å². The quantitative estimate of drug-likeness (QED) is 0.513. The smallest absolute Gasteiger partial charge is 0.475 e. The zero-order valence-corrected chi connectivity index (χ0v) is 20.7. The first-order valence-electron chi connectivity index (χ1n) is 11.7. The first-order chi connectivity index (χ1) is 17.5. The Hall–Kier alpha value is -3.80. The zero-order chi connectivity index (χ0) is 27.2. The van der Waals surface area contributed by atoms with E-state index in [0.717, 1.165) is 35.7 Å². The number of aryl methyl sites for hydroxylation is 1. The van der Waals surface area contributed by atoms with E-state index in [9.17, 15) is 18.0 Å². The number of carboxylic acids is 1. The summed E-state index contributed by atoms with van der Waals surface area (Å²) in [6, 6.07) is 10.1. The van der Waals surface area contributed by atoms with Gasteiger partial charge in [0.2, 0.25) is 5.91 Å². The molecule has 0 aliphatic carbocycles. The zero-order valence-electron chi connectivity index (χ0n) is 20.7. The first-order valence-corrected chi connectivity index (χ1v) is 11.7. The number of alkyl halides is 3. The Morgan fingerprint density at radius 3 is 2.38 bits per heavy atom. The maximum Gasteiger partial charge on any atom is 0.490 e. The van der Waals surface area contributed by atoms with E-state index >= 15 is 0 Å². The SMILES string of the molecule is Cc1cnc(CNC(=O)C2c3c(ncn3C(C)C)CCN2Cc2ccccc2)cn1.O=C(O)C(F)(F)F. The van der Waals surface area contributed by atoms with Crippen molar-refractivity contribution in [2.75, 3.05) is 6.54 Å². The number of nitrogens with zero attached hydrogens (tertiary/aromatic N) is 5. The number of aliphatic carboxylic acids is 1. The average molecular weight is 519 g/mol. The van der Waals surface area contributed by atoms with E-state index in [0.29, 0.717) is 13.1 Å². The van der Waals surface area contributed by atoms with E-state index in [1.807, 2.05) is 31.5 Å². The van der Waals surface area contributed by atoms with E-state index in [1.54, 1.807) is 12.4 Å². The first kappa shape index (κ1) is 27.8. The summed E-state index contributed by atoms with van der Waals surface area (Å²) in [6.07, 6.45) is 1.06. The number of nitrogens with one attached hydrogen (secondary N) is 1. The van der Waals surface area contributed by atoms with Crippen LogP contribution in [0.2, 0.25) is 0 Å². The maximum absolute atomic E-state index is 13.4. The molecule has 1 aromatic carbocycles. The highest BCUT2D eigenvalue weighted by atomic mass is 19.4. The summed E-state index contributed by atoms with van der Waals surface area (Å²) in [5.41, 5.74) is 4.82. The van der Waals surface area contributed by atoms with Crippen LogP contribution in [0.1, 0.15) is 54.3 Å². The molecule has 0 saturated carbocycles. The Balaban J connectivity index is 0.000000479. The van der Waals surface area contributed by atoms with E-state index in [1.165, 1.54) is 5.56 Å². The molecule has 9 nitrogen and oxygen atoms in total. The van der Waals surface area contributed by atoms with Gasteiger partial charge in [0.25, 0.3) is 0 Å². The largest absolute Gasteiger partial charge is 0.490 e. The fourth-order valence-electron chi connectivity index (χ4n) is 3.93. The lowest BCUT2D eigenvalue weighted by Crippen LogP contribution is -2.45. The van der Waals surface area contributed by atoms with Gasteiger partial charge in [-0.1, -0.05) is 30.3 Å². The van der Waals surface area contributed by atoms with Crippen LogP contribution in [0, 0.1) is 6.92 Å². The number of carbonyl (C=O) groups is 2. The van der Waals surface area contributed by atoms with Crippen molar-refractivity contribution in [3.05, 3.63) is 77.4 Å². The second-order valence-corrected chi connectivity index (χ2v) is 8.86.